The van der Waals surface area contributed by atoms with Gasteiger partial charge in [0.05, 0.1) is 16.9 Å². The van der Waals surface area contributed by atoms with Gasteiger partial charge in [-0.2, -0.15) is 0 Å². The van der Waals surface area contributed by atoms with Gasteiger partial charge in [-0.05, 0) is 42.7 Å². The molecule has 188 valence electrons. The standard InChI is InChI=1S/C36H29N3/c1-25-14-10-11-19-30(25)26(2)22-23-31-27(3)39(35-21-13-12-20-32(31)35)36-37-33(28-15-6-4-7-16-28)24-34(38-36)29-17-8-5-9-18-29/h4-24H,2H2,1,3H3/b23-22-. The smallest absolute Gasteiger partial charge is 0.235 e. The summed E-state index contributed by atoms with van der Waals surface area (Å²) in [4.78, 5) is 10.2. The van der Waals surface area contributed by atoms with Gasteiger partial charge in [-0.1, -0.05) is 122 Å². The molecule has 39 heavy (non-hydrogen) atoms. The van der Waals surface area contributed by atoms with E-state index in [0.717, 1.165) is 55.8 Å². The zero-order valence-electron chi connectivity index (χ0n) is 22.2. The SMILES string of the molecule is C=C(/C=C\c1c(C)n(-c2nc(-c3ccccc3)cc(-c3ccccc3)n2)c2ccccc12)c1ccccc1C. The summed E-state index contributed by atoms with van der Waals surface area (Å²) in [5.41, 5.74) is 10.5. The van der Waals surface area contributed by atoms with Crippen molar-refractivity contribution in [1.29, 1.82) is 0 Å². The molecule has 2 heterocycles. The van der Waals surface area contributed by atoms with Crippen molar-refractivity contribution in [3.8, 4) is 28.5 Å². The van der Waals surface area contributed by atoms with Crippen LogP contribution in [0, 0.1) is 13.8 Å². The van der Waals surface area contributed by atoms with E-state index in [-0.39, 0.29) is 0 Å². The molecule has 0 saturated carbocycles. The van der Waals surface area contributed by atoms with E-state index in [0.29, 0.717) is 5.95 Å². The van der Waals surface area contributed by atoms with E-state index >= 15 is 0 Å². The lowest BCUT2D eigenvalue weighted by Crippen LogP contribution is -2.05. The number of aromatic nitrogens is 3. The molecule has 0 saturated heterocycles. The van der Waals surface area contributed by atoms with Gasteiger partial charge in [-0.3, -0.25) is 4.57 Å². The summed E-state index contributed by atoms with van der Waals surface area (Å²) in [6.07, 6.45) is 4.28. The molecule has 0 unspecified atom stereocenters. The Balaban J connectivity index is 1.53. The van der Waals surface area contributed by atoms with Crippen molar-refractivity contribution in [2.75, 3.05) is 0 Å². The van der Waals surface area contributed by atoms with Crippen LogP contribution in [0.1, 0.15) is 22.4 Å². The second-order valence-corrected chi connectivity index (χ2v) is 9.70. The van der Waals surface area contributed by atoms with Gasteiger partial charge < -0.3 is 0 Å². The van der Waals surface area contributed by atoms with E-state index in [4.69, 9.17) is 9.97 Å². The third-order valence-electron chi connectivity index (χ3n) is 7.16. The molecule has 3 heteroatoms. The summed E-state index contributed by atoms with van der Waals surface area (Å²) in [6, 6.07) is 39.4. The summed E-state index contributed by atoms with van der Waals surface area (Å²) >= 11 is 0. The number of para-hydroxylation sites is 1. The zero-order valence-corrected chi connectivity index (χ0v) is 22.2. The topological polar surface area (TPSA) is 30.7 Å². The number of nitrogens with zero attached hydrogens (tertiary/aromatic N) is 3. The number of aryl methyl sites for hydroxylation is 1. The summed E-state index contributed by atoms with van der Waals surface area (Å²) in [5, 5.41) is 1.15. The highest BCUT2D eigenvalue weighted by Crippen LogP contribution is 2.32. The third kappa shape index (κ3) is 4.71. The fraction of sp³-hybridized carbons (Fsp3) is 0.0556. The Morgan fingerprint density at radius 3 is 1.90 bits per heavy atom. The van der Waals surface area contributed by atoms with Crippen molar-refractivity contribution < 1.29 is 0 Å². The molecule has 6 rings (SSSR count). The van der Waals surface area contributed by atoms with Crippen LogP contribution in [0.2, 0.25) is 0 Å². The number of rotatable bonds is 6. The minimum absolute atomic E-state index is 0.654. The predicted octanol–water partition coefficient (Wildman–Crippen LogP) is 9.10. The first-order valence-corrected chi connectivity index (χ1v) is 13.1. The predicted molar refractivity (Wildman–Crippen MR) is 164 cm³/mol. The van der Waals surface area contributed by atoms with Crippen LogP contribution in [-0.2, 0) is 0 Å². The van der Waals surface area contributed by atoms with Gasteiger partial charge in [-0.15, -0.1) is 0 Å². The molecule has 0 spiro atoms. The van der Waals surface area contributed by atoms with Crippen molar-refractivity contribution in [2.24, 2.45) is 0 Å². The Kier molecular flexibility index (Phi) is 6.48. The lowest BCUT2D eigenvalue weighted by Gasteiger charge is -2.12. The molecule has 0 aliphatic heterocycles. The molecule has 0 bridgehead atoms. The van der Waals surface area contributed by atoms with E-state index in [2.05, 4.69) is 116 Å². The zero-order chi connectivity index (χ0) is 26.8. The van der Waals surface area contributed by atoms with E-state index in [1.807, 2.05) is 36.4 Å². The van der Waals surface area contributed by atoms with Gasteiger partial charge in [-0.25, -0.2) is 9.97 Å². The highest BCUT2D eigenvalue weighted by atomic mass is 15.2. The maximum absolute atomic E-state index is 5.09. The molecule has 0 fully saturated rings. The van der Waals surface area contributed by atoms with Crippen molar-refractivity contribution in [3.63, 3.8) is 0 Å². The van der Waals surface area contributed by atoms with Crippen molar-refractivity contribution >= 4 is 22.6 Å². The number of benzene rings is 4. The first kappa shape index (κ1) is 24.3. The maximum Gasteiger partial charge on any atom is 0.235 e. The number of allylic oxidation sites excluding steroid dienone is 2. The van der Waals surface area contributed by atoms with Crippen LogP contribution < -0.4 is 0 Å². The Morgan fingerprint density at radius 2 is 1.26 bits per heavy atom. The fourth-order valence-corrected chi connectivity index (χ4v) is 5.12. The number of fused-ring (bicyclic) bond motifs is 1. The van der Waals surface area contributed by atoms with Crippen LogP contribution in [0.15, 0.2) is 128 Å². The number of hydrogen-bond donors (Lipinski definition) is 0. The van der Waals surface area contributed by atoms with Crippen LogP contribution in [0.3, 0.4) is 0 Å². The minimum atomic E-state index is 0.654. The van der Waals surface area contributed by atoms with Crippen LogP contribution >= 0.6 is 0 Å². The molecule has 0 radical (unpaired) electrons. The summed E-state index contributed by atoms with van der Waals surface area (Å²) in [5.74, 6) is 0.654. The van der Waals surface area contributed by atoms with Crippen molar-refractivity contribution in [3.05, 3.63) is 150 Å². The average molecular weight is 504 g/mol. The van der Waals surface area contributed by atoms with Crippen LogP contribution in [0.25, 0.3) is 51.0 Å². The maximum atomic E-state index is 5.09. The van der Waals surface area contributed by atoms with E-state index < -0.39 is 0 Å². The minimum Gasteiger partial charge on any atom is -0.282 e. The molecule has 2 aromatic heterocycles. The van der Waals surface area contributed by atoms with Gasteiger partial charge in [0.1, 0.15) is 0 Å². The second-order valence-electron chi connectivity index (χ2n) is 9.70. The fourth-order valence-electron chi connectivity index (χ4n) is 5.12. The van der Waals surface area contributed by atoms with Crippen LogP contribution in [-0.4, -0.2) is 14.5 Å². The van der Waals surface area contributed by atoms with Gasteiger partial charge in [0.15, 0.2) is 0 Å². The van der Waals surface area contributed by atoms with Crippen molar-refractivity contribution in [2.45, 2.75) is 13.8 Å². The molecule has 0 aliphatic rings. The summed E-state index contributed by atoms with van der Waals surface area (Å²) < 4.78 is 2.17. The highest BCUT2D eigenvalue weighted by molar-refractivity contribution is 5.94. The normalized spacial score (nSPS) is 11.3. The molecule has 6 aromatic rings. The largest absolute Gasteiger partial charge is 0.282 e. The van der Waals surface area contributed by atoms with E-state index in [1.54, 1.807) is 0 Å². The summed E-state index contributed by atoms with van der Waals surface area (Å²) in [7, 11) is 0. The molecule has 4 aromatic carbocycles. The van der Waals surface area contributed by atoms with Crippen molar-refractivity contribution in [1.82, 2.24) is 14.5 Å². The lowest BCUT2D eigenvalue weighted by molar-refractivity contribution is 0.932. The second kappa shape index (κ2) is 10.4. The van der Waals surface area contributed by atoms with E-state index in [1.165, 1.54) is 5.56 Å². The first-order valence-electron chi connectivity index (χ1n) is 13.1. The molecule has 3 nitrogen and oxygen atoms in total. The Bertz CT molecular complexity index is 1770. The first-order chi connectivity index (χ1) is 19.1. The Labute approximate surface area is 229 Å². The Morgan fingerprint density at radius 1 is 0.692 bits per heavy atom. The molecular weight excluding hydrogens is 474 g/mol. The van der Waals surface area contributed by atoms with Gasteiger partial charge in [0.2, 0.25) is 5.95 Å². The molecule has 0 aliphatic carbocycles. The van der Waals surface area contributed by atoms with E-state index in [9.17, 15) is 0 Å². The molecular formula is C36H29N3. The highest BCUT2D eigenvalue weighted by Gasteiger charge is 2.17. The quantitative estimate of drug-likeness (QED) is 0.212. The summed E-state index contributed by atoms with van der Waals surface area (Å²) in [6.45, 7) is 8.60. The van der Waals surface area contributed by atoms with Crippen LogP contribution in [0.4, 0.5) is 0 Å². The third-order valence-corrected chi connectivity index (χ3v) is 7.16. The van der Waals surface area contributed by atoms with Crippen LogP contribution in [0.5, 0.6) is 0 Å². The van der Waals surface area contributed by atoms with Gasteiger partial charge >= 0.3 is 0 Å². The molecule has 0 N–H and O–H groups in total. The molecule has 0 amide bonds. The van der Waals surface area contributed by atoms with Gasteiger partial charge in [0.25, 0.3) is 0 Å². The lowest BCUT2D eigenvalue weighted by atomic mass is 10.0. The monoisotopic (exact) mass is 503 g/mol. The molecule has 0 atom stereocenters. The van der Waals surface area contributed by atoms with Gasteiger partial charge in [0, 0.05) is 27.8 Å². The Hall–Kier alpha value is -5.02. The number of hydrogen-bond acceptors (Lipinski definition) is 2. The average Bonchev–Trinajstić information content (AvgIpc) is 3.27.